The molecular weight excluding hydrogens is 630 g/mol. The van der Waals surface area contributed by atoms with Crippen molar-refractivity contribution >= 4 is 23.0 Å². The van der Waals surface area contributed by atoms with E-state index in [0.717, 1.165) is 18.9 Å². The molecule has 3 aromatic rings. The number of amides is 2. The highest BCUT2D eigenvalue weighted by molar-refractivity contribution is 5.99. The maximum Gasteiger partial charge on any atom is 0.416 e. The van der Waals surface area contributed by atoms with Crippen molar-refractivity contribution in [3.05, 3.63) is 52.3 Å². The molecule has 0 bridgehead atoms. The molecular formula is C30H31F8N5O3. The average Bonchev–Trinajstić information content (AvgIpc) is 3.70. The van der Waals surface area contributed by atoms with Gasteiger partial charge < -0.3 is 20.4 Å². The topological polar surface area (TPSA) is 109 Å². The molecule has 0 saturated heterocycles. The summed E-state index contributed by atoms with van der Waals surface area (Å²) in [6.07, 6.45) is -10.3. The number of imidazole rings is 1. The summed E-state index contributed by atoms with van der Waals surface area (Å²) in [7, 11) is 0. The van der Waals surface area contributed by atoms with Crippen LogP contribution in [-0.2, 0) is 23.9 Å². The minimum atomic E-state index is -4.70. The number of benzene rings is 1. The van der Waals surface area contributed by atoms with Crippen molar-refractivity contribution in [3.63, 3.8) is 0 Å². The van der Waals surface area contributed by atoms with Gasteiger partial charge in [0.15, 0.2) is 12.3 Å². The summed E-state index contributed by atoms with van der Waals surface area (Å²) in [6, 6.07) is 4.10. The second-order valence-corrected chi connectivity index (χ2v) is 11.8. The molecule has 2 heterocycles. The Morgan fingerprint density at radius 1 is 0.978 bits per heavy atom. The van der Waals surface area contributed by atoms with E-state index in [0.29, 0.717) is 17.9 Å². The second kappa shape index (κ2) is 13.4. The lowest BCUT2D eigenvalue weighted by molar-refractivity contribution is -0.182. The number of H-pyrrole nitrogens is 1. The molecule has 1 aromatic carbocycles. The van der Waals surface area contributed by atoms with Gasteiger partial charge in [0, 0.05) is 25.4 Å². The second-order valence-electron chi connectivity index (χ2n) is 11.8. The number of fused-ring (bicyclic) bond motifs is 1. The molecule has 8 nitrogen and oxygen atoms in total. The lowest BCUT2D eigenvalue weighted by atomic mass is 9.85. The number of nitrogens with one attached hydrogen (secondary N) is 3. The van der Waals surface area contributed by atoms with Crippen LogP contribution < -0.4 is 15.4 Å². The number of carbonyl (C=O) groups is 2. The Labute approximate surface area is 257 Å². The molecule has 2 fully saturated rings. The number of halogens is 8. The largest absolute Gasteiger partial charge is 0.471 e. The van der Waals surface area contributed by atoms with Crippen LogP contribution in [0.15, 0.2) is 24.3 Å². The van der Waals surface area contributed by atoms with Gasteiger partial charge in [-0.25, -0.2) is 13.8 Å². The minimum Gasteiger partial charge on any atom is -0.471 e. The van der Waals surface area contributed by atoms with Crippen molar-refractivity contribution in [2.24, 2.45) is 11.8 Å². The first-order valence-electron chi connectivity index (χ1n) is 14.8. The monoisotopic (exact) mass is 661 g/mol. The van der Waals surface area contributed by atoms with E-state index in [1.807, 2.05) is 0 Å². The zero-order chi connectivity index (χ0) is 33.2. The van der Waals surface area contributed by atoms with E-state index in [9.17, 15) is 44.7 Å². The van der Waals surface area contributed by atoms with Crippen molar-refractivity contribution in [2.75, 3.05) is 6.61 Å². The third-order valence-corrected chi connectivity index (χ3v) is 8.10. The van der Waals surface area contributed by atoms with Gasteiger partial charge in [0.2, 0.25) is 11.8 Å². The van der Waals surface area contributed by atoms with Gasteiger partial charge in [-0.1, -0.05) is 12.1 Å². The van der Waals surface area contributed by atoms with E-state index in [1.165, 1.54) is 18.2 Å². The number of aromatic nitrogens is 3. The maximum atomic E-state index is 13.9. The summed E-state index contributed by atoms with van der Waals surface area (Å²) < 4.78 is 112. The number of ether oxygens (including phenoxy) is 1. The van der Waals surface area contributed by atoms with Crippen molar-refractivity contribution in [3.8, 4) is 5.88 Å². The number of hydrogen-bond acceptors (Lipinski definition) is 5. The van der Waals surface area contributed by atoms with Crippen LogP contribution in [0.2, 0.25) is 0 Å². The van der Waals surface area contributed by atoms with Gasteiger partial charge in [-0.3, -0.25) is 9.59 Å². The molecule has 250 valence electrons. The van der Waals surface area contributed by atoms with Crippen LogP contribution in [0.4, 0.5) is 35.1 Å². The van der Waals surface area contributed by atoms with Crippen LogP contribution in [0.3, 0.4) is 0 Å². The molecule has 2 aliphatic carbocycles. The molecule has 2 aromatic heterocycles. The smallest absolute Gasteiger partial charge is 0.416 e. The summed E-state index contributed by atoms with van der Waals surface area (Å²) in [5.41, 5.74) is -0.938. The molecule has 3 N–H and O–H groups in total. The maximum absolute atomic E-state index is 13.9. The molecule has 0 unspecified atom stereocenters. The van der Waals surface area contributed by atoms with E-state index in [4.69, 9.17) is 4.74 Å². The molecule has 16 heteroatoms. The van der Waals surface area contributed by atoms with E-state index in [1.54, 1.807) is 0 Å². The summed E-state index contributed by atoms with van der Waals surface area (Å²) >= 11 is 0. The SMILES string of the molecule is O=C(CC1CC1)NCc1ccc(C(F)(F)F)c(Cc2nc3nc(OCC(F)F)c(C(=O)NC4CCC(C(F)(F)F)CC4)cc3[nH]2)c1. The molecule has 0 radical (unpaired) electrons. The zero-order valence-electron chi connectivity index (χ0n) is 24.3. The Morgan fingerprint density at radius 2 is 1.70 bits per heavy atom. The summed E-state index contributed by atoms with van der Waals surface area (Å²) in [4.78, 5) is 36.3. The quantitative estimate of drug-likeness (QED) is 0.204. The van der Waals surface area contributed by atoms with Crippen LogP contribution in [0.1, 0.15) is 77.8 Å². The number of rotatable bonds is 11. The van der Waals surface area contributed by atoms with Crippen LogP contribution in [0.25, 0.3) is 11.2 Å². The fourth-order valence-corrected chi connectivity index (χ4v) is 5.52. The Morgan fingerprint density at radius 3 is 2.33 bits per heavy atom. The first kappa shape index (κ1) is 33.4. The predicted octanol–water partition coefficient (Wildman–Crippen LogP) is 6.48. The van der Waals surface area contributed by atoms with Gasteiger partial charge in [-0.05, 0) is 67.7 Å². The van der Waals surface area contributed by atoms with E-state index in [-0.39, 0.29) is 72.7 Å². The molecule has 2 aliphatic rings. The third kappa shape index (κ3) is 8.63. The first-order valence-corrected chi connectivity index (χ1v) is 14.8. The molecule has 2 saturated carbocycles. The number of hydrogen-bond donors (Lipinski definition) is 3. The van der Waals surface area contributed by atoms with Crippen molar-refractivity contribution in [1.82, 2.24) is 25.6 Å². The van der Waals surface area contributed by atoms with Crippen LogP contribution >= 0.6 is 0 Å². The van der Waals surface area contributed by atoms with Crippen LogP contribution in [0, 0.1) is 11.8 Å². The van der Waals surface area contributed by atoms with Crippen molar-refractivity contribution in [1.29, 1.82) is 0 Å². The summed E-state index contributed by atoms with van der Waals surface area (Å²) in [5.74, 6) is -2.63. The number of alkyl halides is 8. The number of carbonyl (C=O) groups excluding carboxylic acids is 2. The summed E-state index contributed by atoms with van der Waals surface area (Å²) in [5, 5.41) is 5.32. The Balaban J connectivity index is 1.37. The molecule has 0 spiro atoms. The van der Waals surface area contributed by atoms with E-state index < -0.39 is 54.7 Å². The van der Waals surface area contributed by atoms with Crippen LogP contribution in [-0.4, -0.2) is 52.0 Å². The number of pyridine rings is 1. The predicted molar refractivity (Wildman–Crippen MR) is 148 cm³/mol. The first-order chi connectivity index (χ1) is 21.7. The van der Waals surface area contributed by atoms with Crippen molar-refractivity contribution in [2.45, 2.75) is 82.7 Å². The Bertz CT molecular complexity index is 1560. The lowest BCUT2D eigenvalue weighted by Gasteiger charge is -2.30. The molecule has 0 atom stereocenters. The highest BCUT2D eigenvalue weighted by atomic mass is 19.4. The number of nitrogens with zero attached hydrogens (tertiary/aromatic N) is 2. The van der Waals surface area contributed by atoms with Crippen LogP contribution in [0.5, 0.6) is 5.88 Å². The third-order valence-electron chi connectivity index (χ3n) is 8.10. The Hall–Kier alpha value is -3.98. The fraction of sp³-hybridized carbons (Fsp3) is 0.533. The van der Waals surface area contributed by atoms with Crippen molar-refractivity contribution < 1.29 is 49.4 Å². The molecule has 5 rings (SSSR count). The molecule has 0 aliphatic heterocycles. The van der Waals surface area contributed by atoms with Gasteiger partial charge in [0.25, 0.3) is 12.3 Å². The summed E-state index contributed by atoms with van der Waals surface area (Å²) in [6.45, 7) is -1.09. The number of aromatic amines is 1. The van der Waals surface area contributed by atoms with Gasteiger partial charge in [0.05, 0.1) is 17.0 Å². The van der Waals surface area contributed by atoms with E-state index >= 15 is 0 Å². The normalized spacial score (nSPS) is 19.0. The van der Waals surface area contributed by atoms with Gasteiger partial charge in [-0.15, -0.1) is 0 Å². The van der Waals surface area contributed by atoms with Gasteiger partial charge >= 0.3 is 12.4 Å². The van der Waals surface area contributed by atoms with E-state index in [2.05, 4.69) is 25.6 Å². The minimum absolute atomic E-state index is 0.0192. The fourth-order valence-electron chi connectivity index (χ4n) is 5.52. The standard InChI is InChI=1S/C30H31F8N5O3/c31-23(32)14-46-28-20(27(45)40-19-6-4-18(5-7-19)29(33,34)35)12-22-26(43-28)42-24(41-22)11-17-9-16(3-8-21(17)30(36,37)38)13-39-25(44)10-15-1-2-15/h3,8-9,12,15,18-19,23H,1-2,4-7,10-11,13-14H2,(H,39,44)(H,40,45)(H,41,42,43). The zero-order valence-corrected chi connectivity index (χ0v) is 24.3. The lowest BCUT2D eigenvalue weighted by Crippen LogP contribution is -2.40. The Kier molecular flexibility index (Phi) is 9.73. The molecule has 2 amide bonds. The highest BCUT2D eigenvalue weighted by Crippen LogP contribution is 2.38. The average molecular weight is 662 g/mol. The molecule has 46 heavy (non-hydrogen) atoms. The highest BCUT2D eigenvalue weighted by Gasteiger charge is 2.41. The van der Waals surface area contributed by atoms with Gasteiger partial charge in [-0.2, -0.15) is 31.3 Å². The van der Waals surface area contributed by atoms with Gasteiger partial charge in [0.1, 0.15) is 11.4 Å².